The average Bonchev–Trinajstić information content (AvgIpc) is 2.41. The maximum Gasteiger partial charge on any atom is 0.236 e. The van der Waals surface area contributed by atoms with Crippen molar-refractivity contribution in [2.24, 2.45) is 0 Å². The zero-order valence-electron chi connectivity index (χ0n) is 11.9. The fourth-order valence-corrected chi connectivity index (χ4v) is 1.95. The summed E-state index contributed by atoms with van der Waals surface area (Å²) in [5.41, 5.74) is 0.924. The van der Waals surface area contributed by atoms with Gasteiger partial charge in [-0.2, -0.15) is 0 Å². The fraction of sp³-hybridized carbons (Fsp3) is 0.500. The number of benzene rings is 1. The highest BCUT2D eigenvalue weighted by Crippen LogP contribution is 2.23. The van der Waals surface area contributed by atoms with Gasteiger partial charge in [-0.05, 0) is 31.7 Å². The summed E-state index contributed by atoms with van der Waals surface area (Å²) < 4.78 is 0. The molecule has 0 radical (unpaired) electrons. The molecule has 4 nitrogen and oxygen atoms in total. The maximum atomic E-state index is 12.1. The van der Waals surface area contributed by atoms with E-state index in [0.717, 1.165) is 5.56 Å². The van der Waals surface area contributed by atoms with Crippen LogP contribution in [0.5, 0.6) is 0 Å². The summed E-state index contributed by atoms with van der Waals surface area (Å²) in [7, 11) is 3.55. The molecule has 1 N–H and O–H groups in total. The van der Waals surface area contributed by atoms with Crippen LogP contribution < -0.4 is 0 Å². The van der Waals surface area contributed by atoms with E-state index in [2.05, 4.69) is 0 Å². The molecule has 0 fully saturated rings. The highest BCUT2D eigenvalue weighted by Gasteiger charge is 2.15. The number of halogens is 2. The molecule has 112 valence electrons. The molecule has 1 atom stereocenters. The van der Waals surface area contributed by atoms with Crippen molar-refractivity contribution in [3.8, 4) is 0 Å². The number of nitrogens with zero attached hydrogens (tertiary/aromatic N) is 2. The Morgan fingerprint density at radius 3 is 2.50 bits per heavy atom. The molecule has 0 aromatic heterocycles. The van der Waals surface area contributed by atoms with Gasteiger partial charge in [-0.1, -0.05) is 29.3 Å². The second-order valence-corrected chi connectivity index (χ2v) is 5.76. The van der Waals surface area contributed by atoms with Crippen molar-refractivity contribution in [1.82, 2.24) is 9.80 Å². The SMILES string of the molecule is CC(CO)N(C)CC(=O)N(C)Cc1ccc(Cl)c(Cl)c1. The van der Waals surface area contributed by atoms with E-state index in [1.54, 1.807) is 24.1 Å². The van der Waals surface area contributed by atoms with Crippen molar-refractivity contribution in [3.63, 3.8) is 0 Å². The van der Waals surface area contributed by atoms with E-state index < -0.39 is 0 Å². The van der Waals surface area contributed by atoms with E-state index in [-0.39, 0.29) is 25.1 Å². The molecule has 0 saturated carbocycles. The van der Waals surface area contributed by atoms with Crippen LogP contribution >= 0.6 is 23.2 Å². The lowest BCUT2D eigenvalue weighted by molar-refractivity contribution is -0.131. The van der Waals surface area contributed by atoms with Gasteiger partial charge in [0, 0.05) is 19.6 Å². The Morgan fingerprint density at radius 1 is 1.30 bits per heavy atom. The lowest BCUT2D eigenvalue weighted by Crippen LogP contribution is -2.41. The number of amides is 1. The van der Waals surface area contributed by atoms with Gasteiger partial charge in [0.15, 0.2) is 0 Å². The van der Waals surface area contributed by atoms with Gasteiger partial charge in [0.2, 0.25) is 5.91 Å². The first-order valence-corrected chi connectivity index (χ1v) is 7.09. The first-order valence-electron chi connectivity index (χ1n) is 6.34. The predicted molar refractivity (Wildman–Crippen MR) is 82.1 cm³/mol. The molecule has 0 saturated heterocycles. The zero-order chi connectivity index (χ0) is 15.3. The molecule has 1 aromatic rings. The first-order chi connectivity index (χ1) is 9.35. The van der Waals surface area contributed by atoms with E-state index in [1.165, 1.54) is 0 Å². The molecule has 1 amide bonds. The summed E-state index contributed by atoms with van der Waals surface area (Å²) in [5, 5.41) is 10.0. The number of aliphatic hydroxyl groups excluding tert-OH is 1. The third kappa shape index (κ3) is 4.94. The minimum Gasteiger partial charge on any atom is -0.395 e. The van der Waals surface area contributed by atoms with Gasteiger partial charge in [0.1, 0.15) is 0 Å². The first kappa shape index (κ1) is 17.2. The van der Waals surface area contributed by atoms with E-state index in [1.807, 2.05) is 24.9 Å². The molecule has 0 aliphatic heterocycles. The Hall–Kier alpha value is -0.810. The number of carbonyl (C=O) groups is 1. The molecule has 1 rings (SSSR count). The van der Waals surface area contributed by atoms with Crippen molar-refractivity contribution in [2.75, 3.05) is 27.2 Å². The number of likely N-dealkylation sites (N-methyl/N-ethyl adjacent to an activating group) is 2. The van der Waals surface area contributed by atoms with Crippen LogP contribution in [0.3, 0.4) is 0 Å². The van der Waals surface area contributed by atoms with E-state index in [4.69, 9.17) is 28.3 Å². The van der Waals surface area contributed by atoms with Crippen LogP contribution in [0.2, 0.25) is 10.0 Å². The van der Waals surface area contributed by atoms with Crippen LogP contribution in [-0.4, -0.2) is 54.1 Å². The summed E-state index contributed by atoms with van der Waals surface area (Å²) in [5.74, 6) is -0.0149. The summed E-state index contributed by atoms with van der Waals surface area (Å²) in [4.78, 5) is 15.5. The molecule has 0 spiro atoms. The maximum absolute atomic E-state index is 12.1. The van der Waals surface area contributed by atoms with Crippen molar-refractivity contribution in [2.45, 2.75) is 19.5 Å². The molecular weight excluding hydrogens is 299 g/mol. The van der Waals surface area contributed by atoms with E-state index >= 15 is 0 Å². The normalized spacial score (nSPS) is 12.6. The van der Waals surface area contributed by atoms with Crippen molar-refractivity contribution in [1.29, 1.82) is 0 Å². The van der Waals surface area contributed by atoms with Crippen LogP contribution in [0, 0.1) is 0 Å². The minimum absolute atomic E-state index is 0.0149. The summed E-state index contributed by atoms with van der Waals surface area (Å²) in [6.07, 6.45) is 0. The van der Waals surface area contributed by atoms with Crippen LogP contribution in [-0.2, 0) is 11.3 Å². The summed E-state index contributed by atoms with van der Waals surface area (Å²) in [6.45, 7) is 2.63. The molecule has 0 aliphatic rings. The van der Waals surface area contributed by atoms with Gasteiger partial charge in [-0.25, -0.2) is 0 Å². The van der Waals surface area contributed by atoms with Gasteiger partial charge in [-0.3, -0.25) is 9.69 Å². The largest absolute Gasteiger partial charge is 0.395 e. The number of carbonyl (C=O) groups excluding carboxylic acids is 1. The van der Waals surface area contributed by atoms with Crippen LogP contribution in [0.1, 0.15) is 12.5 Å². The molecule has 20 heavy (non-hydrogen) atoms. The molecule has 0 aliphatic carbocycles. The van der Waals surface area contributed by atoms with Gasteiger partial charge < -0.3 is 10.0 Å². The molecule has 0 heterocycles. The fourth-order valence-electron chi connectivity index (χ4n) is 1.63. The Morgan fingerprint density at radius 2 is 1.95 bits per heavy atom. The lowest BCUT2D eigenvalue weighted by Gasteiger charge is -2.25. The molecule has 1 unspecified atom stereocenters. The number of hydrogen-bond donors (Lipinski definition) is 1. The van der Waals surface area contributed by atoms with Crippen LogP contribution in [0.4, 0.5) is 0 Å². The second kappa shape index (κ2) is 7.84. The Labute approximate surface area is 129 Å². The average molecular weight is 319 g/mol. The molecule has 0 bridgehead atoms. The summed E-state index contributed by atoms with van der Waals surface area (Å²) in [6, 6.07) is 5.28. The molecular formula is C14H20Cl2N2O2. The van der Waals surface area contributed by atoms with Gasteiger partial charge >= 0.3 is 0 Å². The third-order valence-electron chi connectivity index (χ3n) is 3.23. The standard InChI is InChI=1S/C14H20Cl2N2O2/c1-10(9-19)17(2)8-14(20)18(3)7-11-4-5-12(15)13(16)6-11/h4-6,10,19H,7-9H2,1-3H3. The van der Waals surface area contributed by atoms with Gasteiger partial charge in [-0.15, -0.1) is 0 Å². The number of aliphatic hydroxyl groups is 1. The quantitative estimate of drug-likeness (QED) is 0.875. The Balaban J connectivity index is 2.59. The monoisotopic (exact) mass is 318 g/mol. The smallest absolute Gasteiger partial charge is 0.236 e. The highest BCUT2D eigenvalue weighted by molar-refractivity contribution is 6.42. The Bertz CT molecular complexity index is 468. The zero-order valence-corrected chi connectivity index (χ0v) is 13.4. The molecule has 6 heteroatoms. The van der Waals surface area contributed by atoms with E-state index in [0.29, 0.717) is 16.6 Å². The van der Waals surface area contributed by atoms with E-state index in [9.17, 15) is 4.79 Å². The van der Waals surface area contributed by atoms with Gasteiger partial charge in [0.25, 0.3) is 0 Å². The van der Waals surface area contributed by atoms with Crippen LogP contribution in [0.25, 0.3) is 0 Å². The second-order valence-electron chi connectivity index (χ2n) is 4.94. The minimum atomic E-state index is -0.0441. The van der Waals surface area contributed by atoms with Crippen molar-refractivity contribution >= 4 is 29.1 Å². The van der Waals surface area contributed by atoms with Crippen molar-refractivity contribution in [3.05, 3.63) is 33.8 Å². The highest BCUT2D eigenvalue weighted by atomic mass is 35.5. The number of rotatable bonds is 6. The third-order valence-corrected chi connectivity index (χ3v) is 3.97. The summed E-state index contributed by atoms with van der Waals surface area (Å²) >= 11 is 11.8. The number of hydrogen-bond acceptors (Lipinski definition) is 3. The topological polar surface area (TPSA) is 43.8 Å². The Kier molecular flexibility index (Phi) is 6.76. The lowest BCUT2D eigenvalue weighted by atomic mass is 10.2. The predicted octanol–water partition coefficient (Wildman–Crippen LogP) is 2.26. The van der Waals surface area contributed by atoms with Crippen molar-refractivity contribution < 1.29 is 9.90 Å². The van der Waals surface area contributed by atoms with Gasteiger partial charge in [0.05, 0.1) is 23.2 Å². The molecule has 1 aromatic carbocycles. The van der Waals surface area contributed by atoms with Crippen LogP contribution in [0.15, 0.2) is 18.2 Å².